The Morgan fingerprint density at radius 1 is 1.71 bits per heavy atom. The van der Waals surface area contributed by atoms with Crippen molar-refractivity contribution in [1.82, 2.24) is 10.3 Å². The fourth-order valence-corrected chi connectivity index (χ4v) is 2.02. The Morgan fingerprint density at radius 2 is 2.47 bits per heavy atom. The van der Waals surface area contributed by atoms with E-state index < -0.39 is 0 Å². The summed E-state index contributed by atoms with van der Waals surface area (Å²) >= 11 is 5.90. The second-order valence-corrected chi connectivity index (χ2v) is 4.59. The molecular weight excluding hydrogens is 240 g/mol. The fraction of sp³-hybridized carbons (Fsp3) is 0.455. The van der Waals surface area contributed by atoms with Gasteiger partial charge < -0.3 is 10.7 Å². The first-order chi connectivity index (χ1) is 8.15. The summed E-state index contributed by atoms with van der Waals surface area (Å²) in [5.74, 6) is 6.05. The Hall–Kier alpha value is -1.33. The number of hydrogen-bond donors (Lipinski definition) is 3. The van der Waals surface area contributed by atoms with Crippen molar-refractivity contribution in [3.63, 3.8) is 0 Å². The number of aromatic nitrogens is 1. The lowest BCUT2D eigenvalue weighted by Crippen LogP contribution is -2.27. The second kappa shape index (κ2) is 4.89. The number of carbonyl (C=O) groups excluding carboxylic acids is 1. The van der Waals surface area contributed by atoms with Crippen LogP contribution < -0.4 is 16.6 Å². The normalized spacial score (nSPS) is 22.1. The molecule has 0 radical (unpaired) electrons. The largest absolute Gasteiger partial charge is 0.349 e. The van der Waals surface area contributed by atoms with Crippen LogP contribution in [0.3, 0.4) is 0 Å². The van der Waals surface area contributed by atoms with Crippen molar-refractivity contribution in [2.75, 3.05) is 5.43 Å². The van der Waals surface area contributed by atoms with Crippen molar-refractivity contribution in [2.24, 2.45) is 11.8 Å². The van der Waals surface area contributed by atoms with Crippen LogP contribution in [0.2, 0.25) is 5.02 Å². The van der Waals surface area contributed by atoms with Crippen LogP contribution in [0.4, 0.5) is 5.82 Å². The second-order valence-electron chi connectivity index (χ2n) is 4.18. The zero-order valence-electron chi connectivity index (χ0n) is 9.53. The molecule has 2 unspecified atom stereocenters. The minimum absolute atomic E-state index is 0.135. The monoisotopic (exact) mass is 254 g/mol. The number of rotatable bonds is 4. The third-order valence-electron chi connectivity index (χ3n) is 3.00. The van der Waals surface area contributed by atoms with Gasteiger partial charge in [-0.05, 0) is 18.4 Å². The molecule has 0 spiro atoms. The molecule has 1 aliphatic carbocycles. The van der Waals surface area contributed by atoms with E-state index in [1.54, 1.807) is 6.07 Å². The number of nitrogen functional groups attached to an aromatic ring is 1. The third kappa shape index (κ3) is 2.68. The van der Waals surface area contributed by atoms with Crippen molar-refractivity contribution < 1.29 is 4.79 Å². The highest BCUT2D eigenvalue weighted by atomic mass is 35.5. The summed E-state index contributed by atoms with van der Waals surface area (Å²) in [4.78, 5) is 15.8. The number of hydrazine groups is 1. The van der Waals surface area contributed by atoms with Gasteiger partial charge in [0.2, 0.25) is 0 Å². The molecule has 1 aromatic rings. The number of hydrogen-bond acceptors (Lipinski definition) is 4. The molecule has 4 N–H and O–H groups in total. The Labute approximate surface area is 105 Å². The van der Waals surface area contributed by atoms with Crippen LogP contribution in [-0.4, -0.2) is 16.9 Å². The molecule has 92 valence electrons. The van der Waals surface area contributed by atoms with E-state index in [1.165, 1.54) is 6.20 Å². The number of nitrogens with two attached hydrogens (primary N) is 1. The van der Waals surface area contributed by atoms with Crippen molar-refractivity contribution in [3.05, 3.63) is 22.8 Å². The average molecular weight is 255 g/mol. The molecule has 0 aromatic carbocycles. The van der Waals surface area contributed by atoms with Gasteiger partial charge in [-0.25, -0.2) is 10.8 Å². The van der Waals surface area contributed by atoms with Crippen LogP contribution in [0, 0.1) is 5.92 Å². The Kier molecular flexibility index (Phi) is 3.49. The lowest BCUT2D eigenvalue weighted by Gasteiger charge is -2.06. The maximum Gasteiger partial charge on any atom is 0.253 e. The predicted octanol–water partition coefficient (Wildman–Crippen LogP) is 1.55. The van der Waals surface area contributed by atoms with Gasteiger partial charge in [0, 0.05) is 12.2 Å². The van der Waals surface area contributed by atoms with Gasteiger partial charge in [-0.2, -0.15) is 0 Å². The molecular formula is C11H15ClN4O. The average Bonchev–Trinajstić information content (AvgIpc) is 3.07. The molecule has 1 heterocycles. The van der Waals surface area contributed by atoms with Crippen molar-refractivity contribution in [3.8, 4) is 0 Å². The van der Waals surface area contributed by atoms with E-state index in [0.29, 0.717) is 28.4 Å². The highest BCUT2D eigenvalue weighted by Gasteiger charge is 2.36. The molecule has 1 fully saturated rings. The number of halogens is 1. The Balaban J connectivity index is 2.02. The molecule has 1 saturated carbocycles. The summed E-state index contributed by atoms with van der Waals surface area (Å²) in [7, 11) is 0. The van der Waals surface area contributed by atoms with Crippen LogP contribution in [0.15, 0.2) is 12.3 Å². The highest BCUT2D eigenvalue weighted by molar-refractivity contribution is 6.33. The smallest absolute Gasteiger partial charge is 0.253 e. The molecule has 1 aromatic heterocycles. The number of pyridine rings is 1. The minimum Gasteiger partial charge on any atom is -0.349 e. The third-order valence-corrected chi connectivity index (χ3v) is 3.29. The molecule has 2 atom stereocenters. The summed E-state index contributed by atoms with van der Waals surface area (Å²) in [6, 6.07) is 1.86. The van der Waals surface area contributed by atoms with E-state index in [9.17, 15) is 4.79 Å². The maximum absolute atomic E-state index is 11.8. The summed E-state index contributed by atoms with van der Waals surface area (Å²) in [6.45, 7) is 2.12. The SMILES string of the molecule is CCC1CC1NC(=O)c1cnc(NN)c(Cl)c1. The van der Waals surface area contributed by atoms with Gasteiger partial charge in [0.25, 0.3) is 5.91 Å². The van der Waals surface area contributed by atoms with E-state index in [4.69, 9.17) is 17.4 Å². The van der Waals surface area contributed by atoms with Crippen LogP contribution in [0.25, 0.3) is 0 Å². The standard InChI is InChI=1S/C11H15ClN4O/c1-2-6-4-9(6)15-11(17)7-3-8(12)10(16-13)14-5-7/h3,5-6,9H,2,4,13H2,1H3,(H,14,16)(H,15,17). The molecule has 0 bridgehead atoms. The zero-order chi connectivity index (χ0) is 12.4. The first-order valence-electron chi connectivity index (χ1n) is 5.58. The van der Waals surface area contributed by atoms with Crippen LogP contribution in [-0.2, 0) is 0 Å². The van der Waals surface area contributed by atoms with E-state index in [2.05, 4.69) is 22.7 Å². The van der Waals surface area contributed by atoms with Crippen molar-refractivity contribution >= 4 is 23.3 Å². The van der Waals surface area contributed by atoms with E-state index >= 15 is 0 Å². The number of amides is 1. The molecule has 5 nitrogen and oxygen atoms in total. The zero-order valence-corrected chi connectivity index (χ0v) is 10.3. The number of nitrogens with zero attached hydrogens (tertiary/aromatic N) is 1. The first-order valence-corrected chi connectivity index (χ1v) is 5.96. The molecule has 17 heavy (non-hydrogen) atoms. The van der Waals surface area contributed by atoms with Gasteiger partial charge in [0.15, 0.2) is 5.82 Å². The molecule has 1 aliphatic rings. The van der Waals surface area contributed by atoms with Gasteiger partial charge in [0.05, 0.1) is 10.6 Å². The van der Waals surface area contributed by atoms with Gasteiger partial charge in [-0.3, -0.25) is 4.79 Å². The molecule has 2 rings (SSSR count). The fourth-order valence-electron chi connectivity index (χ4n) is 1.80. The first kappa shape index (κ1) is 12.1. The maximum atomic E-state index is 11.8. The quantitative estimate of drug-likeness (QED) is 0.563. The molecule has 6 heteroatoms. The molecule has 0 saturated heterocycles. The van der Waals surface area contributed by atoms with E-state index in [-0.39, 0.29) is 5.91 Å². The number of nitrogens with one attached hydrogen (secondary N) is 2. The number of carbonyl (C=O) groups is 1. The van der Waals surface area contributed by atoms with Gasteiger partial charge in [-0.15, -0.1) is 0 Å². The van der Waals surface area contributed by atoms with Gasteiger partial charge >= 0.3 is 0 Å². The van der Waals surface area contributed by atoms with Gasteiger partial charge in [0.1, 0.15) is 0 Å². The van der Waals surface area contributed by atoms with Gasteiger partial charge in [-0.1, -0.05) is 24.9 Å². The lowest BCUT2D eigenvalue weighted by molar-refractivity contribution is 0.0948. The Bertz CT molecular complexity index is 437. The molecule has 0 aliphatic heterocycles. The van der Waals surface area contributed by atoms with Crippen molar-refractivity contribution in [2.45, 2.75) is 25.8 Å². The summed E-state index contributed by atoms with van der Waals surface area (Å²) in [6.07, 6.45) is 3.62. The summed E-state index contributed by atoms with van der Waals surface area (Å²) in [5.41, 5.74) is 2.81. The predicted molar refractivity (Wildman–Crippen MR) is 66.7 cm³/mol. The van der Waals surface area contributed by atoms with Crippen LogP contribution >= 0.6 is 11.6 Å². The lowest BCUT2D eigenvalue weighted by atomic mass is 10.2. The summed E-state index contributed by atoms with van der Waals surface area (Å²) < 4.78 is 0. The summed E-state index contributed by atoms with van der Waals surface area (Å²) in [5, 5.41) is 3.28. The topological polar surface area (TPSA) is 80.0 Å². The van der Waals surface area contributed by atoms with Crippen LogP contribution in [0.5, 0.6) is 0 Å². The van der Waals surface area contributed by atoms with E-state index in [0.717, 1.165) is 12.8 Å². The number of anilines is 1. The van der Waals surface area contributed by atoms with E-state index in [1.807, 2.05) is 0 Å². The molecule has 1 amide bonds. The highest BCUT2D eigenvalue weighted by Crippen LogP contribution is 2.33. The van der Waals surface area contributed by atoms with Crippen LogP contribution in [0.1, 0.15) is 30.1 Å². The van der Waals surface area contributed by atoms with Crippen molar-refractivity contribution in [1.29, 1.82) is 0 Å². The Morgan fingerprint density at radius 3 is 3.00 bits per heavy atom. The minimum atomic E-state index is -0.135.